The van der Waals surface area contributed by atoms with Gasteiger partial charge >= 0.3 is 0 Å². The van der Waals surface area contributed by atoms with Gasteiger partial charge in [0.2, 0.25) is 5.91 Å². The highest BCUT2D eigenvalue weighted by Crippen LogP contribution is 2.36. The first-order valence-corrected chi connectivity index (χ1v) is 8.15. The van der Waals surface area contributed by atoms with Gasteiger partial charge in [0.15, 0.2) is 0 Å². The molecule has 0 aromatic rings. The van der Waals surface area contributed by atoms with Crippen LogP contribution in [0, 0.1) is 5.92 Å². The molecule has 0 aromatic carbocycles. The summed E-state index contributed by atoms with van der Waals surface area (Å²) in [6, 6.07) is 0.888. The Morgan fingerprint density at radius 3 is 2.45 bits per heavy atom. The second kappa shape index (κ2) is 5.62. The Morgan fingerprint density at radius 1 is 1.15 bits per heavy atom. The summed E-state index contributed by atoms with van der Waals surface area (Å²) < 4.78 is 0. The Balaban J connectivity index is 1.44. The third-order valence-corrected chi connectivity index (χ3v) is 5.59. The topological polar surface area (TPSA) is 75.6 Å². The van der Waals surface area contributed by atoms with Crippen LogP contribution in [0.3, 0.4) is 0 Å². The minimum atomic E-state index is -0.740. The molecule has 0 spiro atoms. The van der Waals surface area contributed by atoms with E-state index in [2.05, 4.69) is 9.80 Å². The number of nitrogens with two attached hydrogens (primary N) is 2. The van der Waals surface area contributed by atoms with Gasteiger partial charge in [-0.1, -0.05) is 6.42 Å². The summed E-state index contributed by atoms with van der Waals surface area (Å²) in [7, 11) is 0. The minimum absolute atomic E-state index is 0.279. The number of carbonyl (C=O) groups is 1. The molecule has 3 aliphatic rings. The highest BCUT2D eigenvalue weighted by atomic mass is 16.1. The smallest absolute Gasteiger partial charge is 0.237 e. The van der Waals surface area contributed by atoms with Gasteiger partial charge in [0.25, 0.3) is 0 Å². The fraction of sp³-hybridized carbons (Fsp3) is 0.933. The van der Waals surface area contributed by atoms with Gasteiger partial charge in [0.1, 0.15) is 0 Å². The number of rotatable bonds is 5. The van der Waals surface area contributed by atoms with Crippen molar-refractivity contribution in [3.8, 4) is 0 Å². The molecular formula is C15H28N4O. The summed E-state index contributed by atoms with van der Waals surface area (Å²) in [5.41, 5.74) is 11.0. The Morgan fingerprint density at radius 2 is 1.85 bits per heavy atom. The summed E-state index contributed by atoms with van der Waals surface area (Å²) in [4.78, 5) is 16.7. The van der Waals surface area contributed by atoms with Gasteiger partial charge in [-0.15, -0.1) is 0 Å². The summed E-state index contributed by atoms with van der Waals surface area (Å²) in [6.45, 7) is 5.81. The lowest BCUT2D eigenvalue weighted by atomic mass is 9.85. The second-order valence-corrected chi connectivity index (χ2v) is 6.89. The summed E-state index contributed by atoms with van der Waals surface area (Å²) >= 11 is 0. The van der Waals surface area contributed by atoms with Gasteiger partial charge in [-0.05, 0) is 44.6 Å². The van der Waals surface area contributed by atoms with E-state index in [0.717, 1.165) is 51.4 Å². The Kier molecular flexibility index (Phi) is 4.02. The molecule has 1 amide bonds. The van der Waals surface area contributed by atoms with Crippen LogP contribution in [0.2, 0.25) is 0 Å². The van der Waals surface area contributed by atoms with Crippen molar-refractivity contribution in [3.63, 3.8) is 0 Å². The van der Waals surface area contributed by atoms with E-state index >= 15 is 0 Å². The molecule has 2 unspecified atom stereocenters. The number of nitrogens with zero attached hydrogens (tertiary/aromatic N) is 2. The van der Waals surface area contributed by atoms with Crippen molar-refractivity contribution in [1.29, 1.82) is 0 Å². The molecular weight excluding hydrogens is 252 g/mol. The maximum absolute atomic E-state index is 11.6. The third-order valence-electron chi connectivity index (χ3n) is 5.59. The predicted molar refractivity (Wildman–Crippen MR) is 79.1 cm³/mol. The van der Waals surface area contributed by atoms with Crippen molar-refractivity contribution >= 4 is 5.91 Å². The molecule has 5 nitrogen and oxygen atoms in total. The van der Waals surface area contributed by atoms with Crippen molar-refractivity contribution in [3.05, 3.63) is 0 Å². The van der Waals surface area contributed by atoms with Crippen LogP contribution in [0.25, 0.3) is 0 Å². The molecule has 3 fully saturated rings. The van der Waals surface area contributed by atoms with Gasteiger partial charge in [-0.25, -0.2) is 0 Å². The zero-order chi connectivity index (χ0) is 14.2. The van der Waals surface area contributed by atoms with E-state index < -0.39 is 5.54 Å². The van der Waals surface area contributed by atoms with Crippen molar-refractivity contribution in [1.82, 2.24) is 9.80 Å². The molecule has 1 heterocycles. The minimum Gasteiger partial charge on any atom is -0.368 e. The van der Waals surface area contributed by atoms with E-state index in [-0.39, 0.29) is 11.8 Å². The van der Waals surface area contributed by atoms with Crippen molar-refractivity contribution < 1.29 is 4.79 Å². The van der Waals surface area contributed by atoms with Crippen LogP contribution in [0.15, 0.2) is 0 Å². The van der Waals surface area contributed by atoms with Crippen molar-refractivity contribution in [2.45, 2.75) is 50.1 Å². The van der Waals surface area contributed by atoms with Crippen molar-refractivity contribution in [2.75, 3.05) is 32.7 Å². The first-order chi connectivity index (χ1) is 9.59. The van der Waals surface area contributed by atoms with Crippen LogP contribution in [-0.2, 0) is 4.79 Å². The molecule has 0 aromatic heterocycles. The quantitative estimate of drug-likeness (QED) is 0.751. The molecule has 3 rings (SSSR count). The van der Waals surface area contributed by atoms with Crippen LogP contribution >= 0.6 is 0 Å². The van der Waals surface area contributed by atoms with Gasteiger partial charge in [0.05, 0.1) is 5.54 Å². The molecule has 20 heavy (non-hydrogen) atoms. The van der Waals surface area contributed by atoms with E-state index in [1.54, 1.807) is 0 Å². The SMILES string of the molecule is NC(=O)C1(N)CCCC1CCN1CCN(C2CC2)CC1. The Hall–Kier alpha value is -0.650. The highest BCUT2D eigenvalue weighted by molar-refractivity contribution is 5.85. The molecule has 5 heteroatoms. The molecule has 2 aliphatic carbocycles. The number of carbonyl (C=O) groups excluding carboxylic acids is 1. The molecule has 114 valence electrons. The summed E-state index contributed by atoms with van der Waals surface area (Å²) in [6.07, 6.45) is 6.68. The van der Waals surface area contributed by atoms with E-state index in [9.17, 15) is 4.79 Å². The molecule has 1 saturated heterocycles. The van der Waals surface area contributed by atoms with Crippen LogP contribution in [-0.4, -0.2) is 60.0 Å². The maximum Gasteiger partial charge on any atom is 0.237 e. The van der Waals surface area contributed by atoms with Crippen molar-refractivity contribution in [2.24, 2.45) is 17.4 Å². The summed E-state index contributed by atoms with van der Waals surface area (Å²) in [5, 5.41) is 0. The lowest BCUT2D eigenvalue weighted by Gasteiger charge is -2.36. The van der Waals surface area contributed by atoms with Crippen LogP contribution in [0.4, 0.5) is 0 Å². The highest BCUT2D eigenvalue weighted by Gasteiger charge is 2.44. The lowest BCUT2D eigenvalue weighted by Crippen LogP contribution is -2.55. The predicted octanol–water partition coefficient (Wildman–Crippen LogP) is 0.139. The number of piperazine rings is 1. The normalized spacial score (nSPS) is 36.4. The van der Waals surface area contributed by atoms with E-state index in [0.29, 0.717) is 0 Å². The van der Waals surface area contributed by atoms with Crippen LogP contribution in [0.1, 0.15) is 38.5 Å². The number of hydrogen-bond acceptors (Lipinski definition) is 4. The zero-order valence-corrected chi connectivity index (χ0v) is 12.4. The molecule has 1 aliphatic heterocycles. The average molecular weight is 280 g/mol. The second-order valence-electron chi connectivity index (χ2n) is 6.89. The Bertz CT molecular complexity index is 363. The van der Waals surface area contributed by atoms with Gasteiger partial charge in [-0.2, -0.15) is 0 Å². The number of hydrogen-bond donors (Lipinski definition) is 2. The average Bonchev–Trinajstić information content (AvgIpc) is 3.21. The standard InChI is InChI=1S/C15H28N4O/c16-14(20)15(17)6-1-2-12(15)5-7-18-8-10-19(11-9-18)13-3-4-13/h12-13H,1-11,17H2,(H2,16,20). The number of primary amides is 1. The van der Waals surface area contributed by atoms with E-state index in [4.69, 9.17) is 11.5 Å². The maximum atomic E-state index is 11.6. The molecule has 0 bridgehead atoms. The fourth-order valence-corrected chi connectivity index (χ4v) is 3.96. The van der Waals surface area contributed by atoms with Gasteiger partial charge < -0.3 is 16.4 Å². The molecule has 4 N–H and O–H groups in total. The molecule has 0 radical (unpaired) electrons. The van der Waals surface area contributed by atoms with E-state index in [1.807, 2.05) is 0 Å². The van der Waals surface area contributed by atoms with Crippen LogP contribution in [0.5, 0.6) is 0 Å². The van der Waals surface area contributed by atoms with E-state index in [1.165, 1.54) is 25.9 Å². The summed E-state index contributed by atoms with van der Waals surface area (Å²) in [5.74, 6) is -0.0278. The van der Waals surface area contributed by atoms with Gasteiger partial charge in [0, 0.05) is 32.2 Å². The zero-order valence-electron chi connectivity index (χ0n) is 12.4. The molecule has 2 saturated carbocycles. The van der Waals surface area contributed by atoms with Crippen LogP contribution < -0.4 is 11.5 Å². The first-order valence-electron chi connectivity index (χ1n) is 8.15. The largest absolute Gasteiger partial charge is 0.368 e. The van der Waals surface area contributed by atoms with Gasteiger partial charge in [-0.3, -0.25) is 9.69 Å². The third kappa shape index (κ3) is 2.85. The lowest BCUT2D eigenvalue weighted by molar-refractivity contribution is -0.124. The first kappa shape index (κ1) is 14.3. The molecule has 2 atom stereocenters. The number of amides is 1. The fourth-order valence-electron chi connectivity index (χ4n) is 3.96. The Labute approximate surface area is 121 Å². The monoisotopic (exact) mass is 280 g/mol.